The average Bonchev–Trinajstić information content (AvgIpc) is 1.87. The third-order valence-electron chi connectivity index (χ3n) is 0.691. The van der Waals surface area contributed by atoms with Crippen molar-refractivity contribution in [1.82, 2.24) is 0 Å². The Bertz CT molecular complexity index is 151. The van der Waals surface area contributed by atoms with Gasteiger partial charge in [0.2, 0.25) is 0 Å². The first-order chi connectivity index (χ1) is 4.77. The van der Waals surface area contributed by atoms with Gasteiger partial charge in [0.05, 0.1) is 6.61 Å². The van der Waals surface area contributed by atoms with Crippen LogP contribution in [0.4, 0.5) is 0 Å². The van der Waals surface area contributed by atoms with Gasteiger partial charge in [0, 0.05) is 11.5 Å². The van der Waals surface area contributed by atoms with Gasteiger partial charge in [-0.05, 0) is 12.0 Å². The van der Waals surface area contributed by atoms with Gasteiger partial charge in [-0.2, -0.15) is 0 Å². The van der Waals surface area contributed by atoms with E-state index in [1.165, 1.54) is 0 Å². The molecule has 0 bridgehead atoms. The molecule has 58 valence electrons. The Labute approximate surface area is 58.4 Å². The summed E-state index contributed by atoms with van der Waals surface area (Å²) in [6.45, 7) is 0.457. The first kappa shape index (κ1) is 9.46. The lowest BCUT2D eigenvalue weighted by Crippen LogP contribution is -1.88. The quantitative estimate of drug-likeness (QED) is 0.217. The summed E-state index contributed by atoms with van der Waals surface area (Å²) in [5.74, 6) is 0. The summed E-state index contributed by atoms with van der Waals surface area (Å²) in [7, 11) is -2.81. The van der Waals surface area contributed by atoms with Crippen molar-refractivity contribution >= 4 is 8.25 Å². The van der Waals surface area contributed by atoms with Crippen molar-refractivity contribution in [3.63, 3.8) is 0 Å². The second-order valence-electron chi connectivity index (χ2n) is 1.42. The molecule has 10 heavy (non-hydrogen) atoms. The van der Waals surface area contributed by atoms with Crippen LogP contribution in [0.5, 0.6) is 0 Å². The van der Waals surface area contributed by atoms with E-state index in [0.717, 1.165) is 0 Å². The van der Waals surface area contributed by atoms with E-state index in [9.17, 15) is 4.57 Å². The molecule has 1 N–H and O–H groups in total. The number of nitrogens with zero attached hydrogens (tertiary/aromatic N) is 3. The van der Waals surface area contributed by atoms with Gasteiger partial charge < -0.3 is 9.42 Å². The Balaban J connectivity index is 3.05. The first-order valence-electron chi connectivity index (χ1n) is 2.64. The van der Waals surface area contributed by atoms with Gasteiger partial charge in [0.25, 0.3) is 0 Å². The monoisotopic (exact) mass is 165 g/mol. The van der Waals surface area contributed by atoms with Crippen molar-refractivity contribution < 1.29 is 14.0 Å². The summed E-state index contributed by atoms with van der Waals surface area (Å²) in [4.78, 5) is 10.6. The zero-order chi connectivity index (χ0) is 7.82. The lowest BCUT2D eigenvalue weighted by Gasteiger charge is -1.94. The highest BCUT2D eigenvalue weighted by atomic mass is 31.1. The molecular weight excluding hydrogens is 157 g/mol. The van der Waals surface area contributed by atoms with Crippen molar-refractivity contribution in [2.24, 2.45) is 5.11 Å². The van der Waals surface area contributed by atoms with E-state index in [4.69, 9.17) is 10.4 Å². The highest BCUT2D eigenvalue weighted by molar-refractivity contribution is 7.32. The molecule has 1 unspecified atom stereocenters. The van der Waals surface area contributed by atoms with E-state index in [1.54, 1.807) is 0 Å². The van der Waals surface area contributed by atoms with Gasteiger partial charge in [0.1, 0.15) is 0 Å². The van der Waals surface area contributed by atoms with Crippen LogP contribution in [0.3, 0.4) is 0 Å². The molecule has 0 heterocycles. The minimum atomic E-state index is -2.81. The second-order valence-corrected chi connectivity index (χ2v) is 2.24. The maximum absolute atomic E-state index is 9.89. The van der Waals surface area contributed by atoms with E-state index >= 15 is 0 Å². The van der Waals surface area contributed by atoms with Crippen LogP contribution in [0.2, 0.25) is 0 Å². The molecule has 0 fully saturated rings. The fourth-order valence-corrected chi connectivity index (χ4v) is 0.658. The maximum Gasteiger partial charge on any atom is 0.316 e. The third-order valence-corrected chi connectivity index (χ3v) is 1.14. The lowest BCUT2D eigenvalue weighted by molar-refractivity contribution is 0.279. The van der Waals surface area contributed by atoms with Crippen molar-refractivity contribution in [1.29, 1.82) is 0 Å². The molecule has 0 radical (unpaired) electrons. The van der Waals surface area contributed by atoms with E-state index < -0.39 is 8.25 Å². The highest BCUT2D eigenvalue weighted by Gasteiger charge is 1.89. The van der Waals surface area contributed by atoms with Crippen LogP contribution < -0.4 is 0 Å². The van der Waals surface area contributed by atoms with E-state index in [1.807, 2.05) is 0 Å². The van der Waals surface area contributed by atoms with E-state index in [2.05, 4.69) is 14.5 Å². The summed E-state index contributed by atoms with van der Waals surface area (Å²) in [6.07, 6.45) is 0.473. The predicted molar refractivity (Wildman–Crippen MR) is 35.8 cm³/mol. The largest absolute Gasteiger partial charge is 0.326 e. The van der Waals surface area contributed by atoms with Crippen LogP contribution in [0, 0.1) is 0 Å². The molecule has 0 aromatic carbocycles. The van der Waals surface area contributed by atoms with Crippen LogP contribution >= 0.6 is 8.25 Å². The summed E-state index contributed by atoms with van der Waals surface area (Å²) in [5, 5.41) is 3.20. The Hall–Kier alpha value is -0.540. The van der Waals surface area contributed by atoms with Crippen LogP contribution in [0.15, 0.2) is 5.11 Å². The third kappa shape index (κ3) is 7.46. The number of rotatable bonds is 5. The van der Waals surface area contributed by atoms with Crippen LogP contribution in [0.1, 0.15) is 6.42 Å². The molecular formula is C3H8N3O3P. The van der Waals surface area contributed by atoms with Gasteiger partial charge in [-0.1, -0.05) is 5.11 Å². The standard InChI is InChI=1S/C3H8N3O3P/c4-6-5-2-1-3-9-10(7)8/h10H,1-3H2,(H,7,8). The Morgan fingerprint density at radius 2 is 2.50 bits per heavy atom. The number of hydrogen-bond acceptors (Lipinski definition) is 3. The Morgan fingerprint density at radius 1 is 1.80 bits per heavy atom. The van der Waals surface area contributed by atoms with Crippen LogP contribution in [-0.2, 0) is 9.09 Å². The normalized spacial score (nSPS) is 12.1. The fraction of sp³-hybridized carbons (Fsp3) is 1.00. The van der Waals surface area contributed by atoms with Crippen LogP contribution in [0.25, 0.3) is 10.4 Å². The number of hydrogen-bond donors (Lipinski definition) is 1. The van der Waals surface area contributed by atoms with Gasteiger partial charge in [-0.15, -0.1) is 0 Å². The molecule has 0 saturated heterocycles. The molecule has 0 aromatic rings. The van der Waals surface area contributed by atoms with Crippen molar-refractivity contribution in [2.75, 3.05) is 13.2 Å². The predicted octanol–water partition coefficient (Wildman–Crippen LogP) is 1.09. The molecule has 0 aliphatic carbocycles. The van der Waals surface area contributed by atoms with Crippen molar-refractivity contribution in [3.8, 4) is 0 Å². The lowest BCUT2D eigenvalue weighted by atomic mass is 10.5. The smallest absolute Gasteiger partial charge is 0.316 e. The van der Waals surface area contributed by atoms with E-state index in [-0.39, 0.29) is 6.61 Å². The molecule has 0 aliphatic rings. The van der Waals surface area contributed by atoms with Gasteiger partial charge >= 0.3 is 8.25 Å². The average molecular weight is 165 g/mol. The van der Waals surface area contributed by atoms with Crippen molar-refractivity contribution in [3.05, 3.63) is 10.4 Å². The minimum Gasteiger partial charge on any atom is -0.326 e. The molecule has 7 heteroatoms. The molecule has 6 nitrogen and oxygen atoms in total. The maximum atomic E-state index is 9.89. The Morgan fingerprint density at radius 3 is 3.00 bits per heavy atom. The van der Waals surface area contributed by atoms with Gasteiger partial charge in [-0.3, -0.25) is 4.57 Å². The zero-order valence-electron chi connectivity index (χ0n) is 5.23. The molecule has 1 atom stereocenters. The highest BCUT2D eigenvalue weighted by Crippen LogP contribution is 2.13. The molecule has 0 spiro atoms. The summed E-state index contributed by atoms with van der Waals surface area (Å²) < 4.78 is 14.2. The zero-order valence-corrected chi connectivity index (χ0v) is 6.23. The van der Waals surface area contributed by atoms with Gasteiger partial charge in [-0.25, -0.2) is 0 Å². The Kier molecular flexibility index (Phi) is 6.22. The molecule has 0 aromatic heterocycles. The SMILES string of the molecule is [N-]=[N+]=NCCCO[PH](=O)O. The van der Waals surface area contributed by atoms with E-state index in [0.29, 0.717) is 13.0 Å². The molecule has 0 saturated carbocycles. The topological polar surface area (TPSA) is 95.3 Å². The summed E-state index contributed by atoms with van der Waals surface area (Å²) in [6, 6.07) is 0. The molecule has 0 aliphatic heterocycles. The number of azide groups is 1. The molecule has 0 amide bonds. The summed E-state index contributed by atoms with van der Waals surface area (Å²) >= 11 is 0. The summed E-state index contributed by atoms with van der Waals surface area (Å²) in [5.41, 5.74) is 7.79. The fourth-order valence-electron chi connectivity index (χ4n) is 0.339. The first-order valence-corrected chi connectivity index (χ1v) is 3.90. The second kappa shape index (κ2) is 6.58. The van der Waals surface area contributed by atoms with Crippen molar-refractivity contribution in [2.45, 2.75) is 6.42 Å². The van der Waals surface area contributed by atoms with Crippen LogP contribution in [-0.4, -0.2) is 18.0 Å². The van der Waals surface area contributed by atoms with Gasteiger partial charge in [0.15, 0.2) is 0 Å². The minimum absolute atomic E-state index is 0.160. The molecule has 0 rings (SSSR count).